The molecule has 1 N–H and O–H groups in total. The molecule has 240 valence electrons. The van der Waals surface area contributed by atoms with Crippen molar-refractivity contribution < 1.29 is 46.9 Å². The fraction of sp³-hybridized carbons (Fsp3) is 0.531. The Labute approximate surface area is 254 Å². The lowest BCUT2D eigenvalue weighted by molar-refractivity contribution is -0.142. The van der Waals surface area contributed by atoms with Crippen LogP contribution in [0.25, 0.3) is 0 Å². The number of fused-ring (bicyclic) bond motifs is 1. The van der Waals surface area contributed by atoms with Crippen LogP contribution in [0.15, 0.2) is 36.4 Å². The first-order valence-electron chi connectivity index (χ1n) is 14.5. The predicted octanol–water partition coefficient (Wildman–Crippen LogP) is 5.90. The summed E-state index contributed by atoms with van der Waals surface area (Å²) in [6, 6.07) is 8.63. The van der Waals surface area contributed by atoms with E-state index in [0.29, 0.717) is 47.5 Å². The Kier molecular flexibility index (Phi) is 9.70. The lowest BCUT2D eigenvalue weighted by atomic mass is 9.77. The van der Waals surface area contributed by atoms with E-state index in [1.54, 1.807) is 23.1 Å². The van der Waals surface area contributed by atoms with Crippen molar-refractivity contribution in [3.63, 3.8) is 0 Å². The second kappa shape index (κ2) is 13.0. The molecule has 2 unspecified atom stereocenters. The molecule has 0 saturated carbocycles. The van der Waals surface area contributed by atoms with E-state index in [1.165, 1.54) is 25.2 Å². The molecule has 4 rings (SSSR count). The molecular weight excluding hydrogens is 581 g/mol. The highest BCUT2D eigenvalue weighted by atomic mass is 19.4. The lowest BCUT2D eigenvalue weighted by Gasteiger charge is -2.34. The monoisotopic (exact) mass is 620 g/mol. The van der Waals surface area contributed by atoms with Crippen LogP contribution in [0, 0.1) is 5.41 Å². The van der Waals surface area contributed by atoms with Crippen molar-refractivity contribution in [1.82, 2.24) is 9.80 Å². The van der Waals surface area contributed by atoms with Crippen LogP contribution in [0.1, 0.15) is 74.1 Å². The maximum absolute atomic E-state index is 14.3. The Morgan fingerprint density at radius 1 is 0.977 bits per heavy atom. The Hall–Kier alpha value is -3.96. The number of hydrogen-bond donors (Lipinski definition) is 1. The number of nitrogens with zero attached hydrogens (tertiary/aromatic N) is 2. The number of carbonyl (C=O) groups excluding carboxylic acids is 2. The molecule has 0 bridgehead atoms. The van der Waals surface area contributed by atoms with Crippen molar-refractivity contribution >= 4 is 18.0 Å². The molecule has 9 nitrogen and oxygen atoms in total. The molecule has 2 aromatic carbocycles. The molecule has 0 aliphatic carbocycles. The number of para-hydroxylation sites is 1. The number of piperidine rings is 1. The third kappa shape index (κ3) is 7.39. The first-order valence-corrected chi connectivity index (χ1v) is 14.5. The zero-order valence-electron chi connectivity index (χ0n) is 25.6. The summed E-state index contributed by atoms with van der Waals surface area (Å²) in [4.78, 5) is 41.8. The SMILES string of the molecule is COc1cccc(C2CN(CC(=O)N3CCC(OC(=O)O)CC3)C(=O)C(CC(C)(C)C)c3ccc(C(F)(F)F)cc32)c1OC. The number of benzene rings is 2. The van der Waals surface area contributed by atoms with Gasteiger partial charge in [-0.05, 0) is 41.2 Å². The quantitative estimate of drug-likeness (QED) is 0.384. The summed E-state index contributed by atoms with van der Waals surface area (Å²) in [5.41, 5.74) is 0.155. The lowest BCUT2D eigenvalue weighted by Crippen LogP contribution is -2.48. The largest absolute Gasteiger partial charge is 0.506 e. The maximum atomic E-state index is 14.3. The van der Waals surface area contributed by atoms with Gasteiger partial charge in [0.2, 0.25) is 11.8 Å². The van der Waals surface area contributed by atoms with Gasteiger partial charge in [0.05, 0.1) is 32.2 Å². The van der Waals surface area contributed by atoms with Crippen LogP contribution in [0.5, 0.6) is 11.5 Å². The Morgan fingerprint density at radius 3 is 2.23 bits per heavy atom. The second-order valence-electron chi connectivity index (χ2n) is 12.5. The maximum Gasteiger partial charge on any atom is 0.506 e. The number of rotatable bonds is 7. The second-order valence-corrected chi connectivity index (χ2v) is 12.5. The minimum atomic E-state index is -4.61. The summed E-state index contributed by atoms with van der Waals surface area (Å²) >= 11 is 0. The van der Waals surface area contributed by atoms with Gasteiger partial charge in [0.15, 0.2) is 11.5 Å². The van der Waals surface area contributed by atoms with Crippen molar-refractivity contribution in [2.75, 3.05) is 40.4 Å². The predicted molar refractivity (Wildman–Crippen MR) is 155 cm³/mol. The normalized spacial score (nSPS) is 19.7. The van der Waals surface area contributed by atoms with Crippen molar-refractivity contribution in [1.29, 1.82) is 0 Å². The number of carboxylic acid groups (broad SMARTS) is 1. The van der Waals surface area contributed by atoms with Gasteiger partial charge in [-0.1, -0.05) is 39.0 Å². The number of ether oxygens (including phenoxy) is 3. The number of hydrogen-bond acceptors (Lipinski definition) is 6. The van der Waals surface area contributed by atoms with E-state index in [4.69, 9.17) is 19.3 Å². The molecule has 1 fully saturated rings. The van der Waals surface area contributed by atoms with Crippen LogP contribution in [0.3, 0.4) is 0 Å². The molecule has 44 heavy (non-hydrogen) atoms. The molecule has 2 amide bonds. The molecule has 2 aliphatic rings. The average Bonchev–Trinajstić information content (AvgIpc) is 3.05. The molecular formula is C32H39F3N2O7. The molecule has 2 aliphatic heterocycles. The van der Waals surface area contributed by atoms with Gasteiger partial charge < -0.3 is 29.1 Å². The van der Waals surface area contributed by atoms with E-state index >= 15 is 0 Å². The summed E-state index contributed by atoms with van der Waals surface area (Å²) < 4.78 is 58.1. The number of alkyl halides is 3. The number of halogens is 3. The number of amides is 2. The molecule has 2 aromatic rings. The van der Waals surface area contributed by atoms with Gasteiger partial charge in [-0.15, -0.1) is 0 Å². The topological polar surface area (TPSA) is 106 Å². The minimum absolute atomic E-state index is 0.0678. The summed E-state index contributed by atoms with van der Waals surface area (Å²) in [7, 11) is 2.90. The Balaban J connectivity index is 1.80. The summed E-state index contributed by atoms with van der Waals surface area (Å²) in [5.74, 6) is -1.53. The van der Waals surface area contributed by atoms with Crippen LogP contribution in [-0.2, 0) is 20.5 Å². The fourth-order valence-corrected chi connectivity index (χ4v) is 6.17. The minimum Gasteiger partial charge on any atom is -0.493 e. The highest BCUT2D eigenvalue weighted by molar-refractivity contribution is 5.90. The molecule has 2 heterocycles. The van der Waals surface area contributed by atoms with Crippen LogP contribution in [-0.4, -0.2) is 79.4 Å². The van der Waals surface area contributed by atoms with E-state index in [2.05, 4.69) is 0 Å². The first kappa shape index (κ1) is 32.9. The van der Waals surface area contributed by atoms with Crippen LogP contribution in [0.4, 0.5) is 18.0 Å². The molecule has 1 saturated heterocycles. The van der Waals surface area contributed by atoms with Crippen LogP contribution < -0.4 is 9.47 Å². The van der Waals surface area contributed by atoms with E-state index in [-0.39, 0.29) is 43.4 Å². The third-order valence-electron chi connectivity index (χ3n) is 8.19. The van der Waals surface area contributed by atoms with Crippen LogP contribution >= 0.6 is 0 Å². The smallest absolute Gasteiger partial charge is 0.493 e. The van der Waals surface area contributed by atoms with Crippen molar-refractivity contribution in [2.45, 2.75) is 64.1 Å². The summed E-state index contributed by atoms with van der Waals surface area (Å²) in [6.07, 6.45) is -5.51. The van der Waals surface area contributed by atoms with Crippen LogP contribution in [0.2, 0.25) is 0 Å². The van der Waals surface area contributed by atoms with Gasteiger partial charge in [0.1, 0.15) is 6.10 Å². The van der Waals surface area contributed by atoms with Gasteiger partial charge in [-0.3, -0.25) is 9.59 Å². The third-order valence-corrected chi connectivity index (χ3v) is 8.19. The highest BCUT2D eigenvalue weighted by Crippen LogP contribution is 2.46. The molecule has 0 spiro atoms. The Morgan fingerprint density at radius 2 is 1.66 bits per heavy atom. The average molecular weight is 621 g/mol. The Bertz CT molecular complexity index is 1380. The molecule has 2 atom stereocenters. The van der Waals surface area contributed by atoms with Crippen molar-refractivity contribution in [3.8, 4) is 11.5 Å². The zero-order valence-corrected chi connectivity index (χ0v) is 25.6. The molecule has 0 radical (unpaired) electrons. The fourth-order valence-electron chi connectivity index (χ4n) is 6.17. The zero-order chi connectivity index (χ0) is 32.4. The molecule has 12 heteroatoms. The van der Waals surface area contributed by atoms with Gasteiger partial charge in [0, 0.05) is 44.0 Å². The summed E-state index contributed by atoms with van der Waals surface area (Å²) in [6.45, 7) is 6.02. The van der Waals surface area contributed by atoms with Gasteiger partial charge >= 0.3 is 12.3 Å². The molecule has 0 aromatic heterocycles. The summed E-state index contributed by atoms with van der Waals surface area (Å²) in [5, 5.41) is 8.92. The van der Waals surface area contributed by atoms with E-state index in [1.807, 2.05) is 20.8 Å². The van der Waals surface area contributed by atoms with E-state index < -0.39 is 35.8 Å². The van der Waals surface area contributed by atoms with E-state index in [0.717, 1.165) is 12.1 Å². The van der Waals surface area contributed by atoms with Gasteiger partial charge in [-0.2, -0.15) is 13.2 Å². The standard InChI is InChI=1S/C32H39F3N2O7/c1-31(2,3)16-24-21-10-9-19(32(33,34)35)15-23(21)25(22-7-6-8-26(42-4)28(22)43-5)17-37(29(24)39)18-27(38)36-13-11-20(12-14-36)44-30(40)41/h6-10,15,20,24-25H,11-14,16-18H2,1-5H3,(H,40,41). The first-order chi connectivity index (χ1) is 20.6. The number of carbonyl (C=O) groups is 3. The number of likely N-dealkylation sites (tertiary alicyclic amines) is 1. The van der Waals surface area contributed by atoms with Crippen molar-refractivity contribution in [2.24, 2.45) is 5.41 Å². The van der Waals surface area contributed by atoms with E-state index in [9.17, 15) is 27.6 Å². The highest BCUT2D eigenvalue weighted by Gasteiger charge is 2.41. The van der Waals surface area contributed by atoms with Gasteiger partial charge in [-0.25, -0.2) is 4.79 Å². The number of methoxy groups -OCH3 is 2. The van der Waals surface area contributed by atoms with Crippen molar-refractivity contribution in [3.05, 3.63) is 58.7 Å². The van der Waals surface area contributed by atoms with Gasteiger partial charge in [0.25, 0.3) is 0 Å².